The van der Waals surface area contributed by atoms with Crippen molar-refractivity contribution in [2.24, 2.45) is 0 Å². The topological polar surface area (TPSA) is 35.5 Å². The number of rotatable bonds is 4. The molecule has 0 bridgehead atoms. The Balaban J connectivity index is 1.75. The van der Waals surface area contributed by atoms with Crippen LogP contribution in [0.15, 0.2) is 0 Å². The average molecular weight is 212 g/mol. The number of hydrogen-bond donors (Lipinski definition) is 2. The summed E-state index contributed by atoms with van der Waals surface area (Å²) in [6, 6.07) is 0. The van der Waals surface area contributed by atoms with Gasteiger partial charge in [-0.25, -0.2) is 0 Å². The molecular weight excluding hydrogens is 188 g/mol. The van der Waals surface area contributed by atoms with Gasteiger partial charge in [0.1, 0.15) is 0 Å². The second-order valence-corrected chi connectivity index (χ2v) is 5.12. The summed E-state index contributed by atoms with van der Waals surface area (Å²) in [5.74, 6) is 0. The van der Waals surface area contributed by atoms with Gasteiger partial charge in [0.2, 0.25) is 0 Å². The minimum Gasteiger partial charge on any atom is -0.394 e. The number of hydrogen-bond acceptors (Lipinski definition) is 3. The van der Waals surface area contributed by atoms with E-state index in [4.69, 9.17) is 0 Å². The summed E-state index contributed by atoms with van der Waals surface area (Å²) in [6.45, 7) is 5.08. The highest BCUT2D eigenvalue weighted by molar-refractivity contribution is 4.93. The van der Waals surface area contributed by atoms with Crippen LogP contribution in [0.2, 0.25) is 0 Å². The normalized spacial score (nSPS) is 33.4. The molecule has 1 atom stereocenters. The number of likely N-dealkylation sites (tertiary alicyclic amines) is 1. The molecule has 0 aromatic carbocycles. The fourth-order valence-electron chi connectivity index (χ4n) is 2.85. The molecule has 88 valence electrons. The summed E-state index contributed by atoms with van der Waals surface area (Å²) in [7, 11) is 0. The summed E-state index contributed by atoms with van der Waals surface area (Å²) in [6.07, 6.45) is 7.61. The van der Waals surface area contributed by atoms with Crippen LogP contribution in [-0.2, 0) is 0 Å². The lowest BCUT2D eigenvalue weighted by Crippen LogP contribution is -2.46. The second-order valence-electron chi connectivity index (χ2n) is 5.12. The molecule has 2 rings (SSSR count). The van der Waals surface area contributed by atoms with Crippen molar-refractivity contribution in [2.45, 2.75) is 44.1 Å². The van der Waals surface area contributed by atoms with Crippen LogP contribution < -0.4 is 5.32 Å². The molecule has 3 heteroatoms. The smallest absolute Gasteiger partial charge is 0.0613 e. The Kier molecular flexibility index (Phi) is 4.00. The van der Waals surface area contributed by atoms with E-state index in [1.807, 2.05) is 0 Å². The van der Waals surface area contributed by atoms with Gasteiger partial charge in [-0.2, -0.15) is 0 Å². The van der Waals surface area contributed by atoms with Crippen molar-refractivity contribution in [3.05, 3.63) is 0 Å². The molecule has 0 aliphatic carbocycles. The Morgan fingerprint density at radius 3 is 2.53 bits per heavy atom. The van der Waals surface area contributed by atoms with E-state index in [0.717, 1.165) is 25.9 Å². The molecule has 0 saturated carbocycles. The summed E-state index contributed by atoms with van der Waals surface area (Å²) in [5, 5.41) is 12.9. The predicted molar refractivity (Wildman–Crippen MR) is 62.0 cm³/mol. The summed E-state index contributed by atoms with van der Waals surface area (Å²) < 4.78 is 0. The highest BCUT2D eigenvalue weighted by Crippen LogP contribution is 2.23. The van der Waals surface area contributed by atoms with Crippen molar-refractivity contribution in [3.8, 4) is 0 Å². The van der Waals surface area contributed by atoms with E-state index in [-0.39, 0.29) is 5.54 Å². The minimum absolute atomic E-state index is 0.0530. The third-order valence-electron chi connectivity index (χ3n) is 3.99. The highest BCUT2D eigenvalue weighted by Gasteiger charge is 2.32. The summed E-state index contributed by atoms with van der Waals surface area (Å²) in [5.41, 5.74) is 0.0530. The monoisotopic (exact) mass is 212 g/mol. The van der Waals surface area contributed by atoms with Gasteiger partial charge in [0.05, 0.1) is 6.61 Å². The van der Waals surface area contributed by atoms with E-state index in [2.05, 4.69) is 10.2 Å². The Hall–Kier alpha value is -0.120. The Morgan fingerprint density at radius 2 is 1.93 bits per heavy atom. The number of nitrogens with zero attached hydrogens (tertiary/aromatic N) is 1. The van der Waals surface area contributed by atoms with Crippen LogP contribution in [0.5, 0.6) is 0 Å². The molecule has 2 heterocycles. The second kappa shape index (κ2) is 5.28. The molecule has 2 aliphatic heterocycles. The molecule has 0 radical (unpaired) electrons. The minimum atomic E-state index is 0.0530. The Bertz CT molecular complexity index is 184. The third kappa shape index (κ3) is 2.92. The van der Waals surface area contributed by atoms with E-state index in [0.29, 0.717) is 6.61 Å². The first kappa shape index (κ1) is 11.4. The quantitative estimate of drug-likeness (QED) is 0.729. The van der Waals surface area contributed by atoms with Crippen LogP contribution in [0.4, 0.5) is 0 Å². The zero-order valence-corrected chi connectivity index (χ0v) is 9.67. The van der Waals surface area contributed by atoms with Crippen molar-refractivity contribution in [3.63, 3.8) is 0 Å². The lowest BCUT2D eigenvalue weighted by Gasteiger charge is -2.32. The van der Waals surface area contributed by atoms with Gasteiger partial charge >= 0.3 is 0 Å². The van der Waals surface area contributed by atoms with Crippen LogP contribution in [-0.4, -0.2) is 48.3 Å². The van der Waals surface area contributed by atoms with Crippen LogP contribution >= 0.6 is 0 Å². The molecule has 2 saturated heterocycles. The highest BCUT2D eigenvalue weighted by atomic mass is 16.3. The predicted octanol–water partition coefficient (Wildman–Crippen LogP) is 0.977. The first-order valence-electron chi connectivity index (χ1n) is 6.43. The van der Waals surface area contributed by atoms with Crippen LogP contribution in [0.3, 0.4) is 0 Å². The summed E-state index contributed by atoms with van der Waals surface area (Å²) in [4.78, 5) is 2.56. The lowest BCUT2D eigenvalue weighted by molar-refractivity contribution is 0.140. The zero-order chi connectivity index (χ0) is 10.6. The van der Waals surface area contributed by atoms with E-state index < -0.39 is 0 Å². The maximum absolute atomic E-state index is 9.46. The van der Waals surface area contributed by atoms with Crippen molar-refractivity contribution in [1.82, 2.24) is 10.2 Å². The number of piperidine rings is 1. The number of aliphatic hydroxyl groups excluding tert-OH is 1. The SMILES string of the molecule is OCC1(CCN2CCCCC2)CCCN1. The lowest BCUT2D eigenvalue weighted by atomic mass is 9.94. The van der Waals surface area contributed by atoms with E-state index in [9.17, 15) is 5.11 Å². The van der Waals surface area contributed by atoms with Crippen LogP contribution in [0, 0.1) is 0 Å². The maximum Gasteiger partial charge on any atom is 0.0613 e. The number of aliphatic hydroxyl groups is 1. The van der Waals surface area contributed by atoms with Gasteiger partial charge in [0.25, 0.3) is 0 Å². The maximum atomic E-state index is 9.46. The standard InChI is InChI=1S/C12H24N2O/c15-11-12(5-4-7-13-12)6-10-14-8-2-1-3-9-14/h13,15H,1-11H2. The Labute approximate surface area is 92.8 Å². The van der Waals surface area contributed by atoms with Gasteiger partial charge in [-0.05, 0) is 58.3 Å². The van der Waals surface area contributed by atoms with Crippen molar-refractivity contribution in [2.75, 3.05) is 32.8 Å². The van der Waals surface area contributed by atoms with Crippen molar-refractivity contribution < 1.29 is 5.11 Å². The summed E-state index contributed by atoms with van der Waals surface area (Å²) >= 11 is 0. The average Bonchev–Trinajstić information content (AvgIpc) is 2.77. The zero-order valence-electron chi connectivity index (χ0n) is 9.67. The molecule has 15 heavy (non-hydrogen) atoms. The van der Waals surface area contributed by atoms with E-state index >= 15 is 0 Å². The van der Waals surface area contributed by atoms with Gasteiger partial charge in [-0.15, -0.1) is 0 Å². The molecule has 2 fully saturated rings. The van der Waals surface area contributed by atoms with E-state index in [1.54, 1.807) is 0 Å². The van der Waals surface area contributed by atoms with E-state index in [1.165, 1.54) is 38.8 Å². The van der Waals surface area contributed by atoms with Crippen LogP contribution in [0.25, 0.3) is 0 Å². The molecule has 2 aliphatic rings. The largest absolute Gasteiger partial charge is 0.394 e. The van der Waals surface area contributed by atoms with Gasteiger partial charge in [-0.3, -0.25) is 0 Å². The van der Waals surface area contributed by atoms with Crippen molar-refractivity contribution in [1.29, 1.82) is 0 Å². The molecule has 0 amide bonds. The number of nitrogens with one attached hydrogen (secondary N) is 1. The fraction of sp³-hybridized carbons (Fsp3) is 1.00. The van der Waals surface area contributed by atoms with Crippen molar-refractivity contribution >= 4 is 0 Å². The molecular formula is C12H24N2O. The molecule has 0 aromatic rings. The first-order chi connectivity index (χ1) is 7.35. The van der Waals surface area contributed by atoms with Crippen LogP contribution in [0.1, 0.15) is 38.5 Å². The molecule has 2 N–H and O–H groups in total. The third-order valence-corrected chi connectivity index (χ3v) is 3.99. The fourth-order valence-corrected chi connectivity index (χ4v) is 2.85. The molecule has 0 aromatic heterocycles. The molecule has 3 nitrogen and oxygen atoms in total. The molecule has 1 unspecified atom stereocenters. The first-order valence-corrected chi connectivity index (χ1v) is 6.43. The Morgan fingerprint density at radius 1 is 1.13 bits per heavy atom. The molecule has 0 spiro atoms. The van der Waals surface area contributed by atoms with Gasteiger partial charge in [0, 0.05) is 5.54 Å². The van der Waals surface area contributed by atoms with Gasteiger partial charge < -0.3 is 15.3 Å². The van der Waals surface area contributed by atoms with Gasteiger partial charge in [-0.1, -0.05) is 6.42 Å². The van der Waals surface area contributed by atoms with Gasteiger partial charge in [0.15, 0.2) is 0 Å².